The van der Waals surface area contributed by atoms with Crippen molar-refractivity contribution in [2.45, 2.75) is 19.4 Å². The Morgan fingerprint density at radius 2 is 1.95 bits per heavy atom. The molecule has 1 amide bonds. The summed E-state index contributed by atoms with van der Waals surface area (Å²) < 4.78 is 25.0. The fourth-order valence-electron chi connectivity index (χ4n) is 1.78. The molecular weight excluding hydrogens is 280 g/mol. The fourth-order valence-corrected chi connectivity index (χ4v) is 2.85. The van der Waals surface area contributed by atoms with Crippen molar-refractivity contribution >= 4 is 27.3 Å². The molecule has 0 bridgehead atoms. The third kappa shape index (κ3) is 5.06. The smallest absolute Gasteiger partial charge is 0.250 e. The van der Waals surface area contributed by atoms with E-state index < -0.39 is 21.5 Å². The number of carbonyl (C=O) groups is 1. The van der Waals surface area contributed by atoms with Gasteiger partial charge >= 0.3 is 0 Å². The number of sulfonamides is 1. The lowest BCUT2D eigenvalue weighted by Gasteiger charge is -2.26. The molecule has 0 unspecified atom stereocenters. The van der Waals surface area contributed by atoms with Gasteiger partial charge in [-0.1, -0.05) is 0 Å². The fraction of sp³-hybridized carbons (Fsp3) is 0.417. The summed E-state index contributed by atoms with van der Waals surface area (Å²) in [5, 5.41) is 2.99. The maximum Gasteiger partial charge on any atom is 0.250 e. The Morgan fingerprint density at radius 3 is 2.45 bits per heavy atom. The van der Waals surface area contributed by atoms with Crippen LogP contribution in [0.2, 0.25) is 0 Å². The molecule has 7 nitrogen and oxygen atoms in total. The molecule has 0 heterocycles. The van der Waals surface area contributed by atoms with E-state index in [1.54, 1.807) is 26.0 Å². The molecular formula is C12H20N4O3S. The molecule has 0 saturated heterocycles. The van der Waals surface area contributed by atoms with Crippen molar-refractivity contribution in [1.29, 1.82) is 0 Å². The van der Waals surface area contributed by atoms with Crippen LogP contribution < -0.4 is 21.5 Å². The molecule has 0 radical (unpaired) electrons. The highest BCUT2D eigenvalue weighted by Gasteiger charge is 2.22. The van der Waals surface area contributed by atoms with Gasteiger partial charge in [-0.25, -0.2) is 13.1 Å². The highest BCUT2D eigenvalue weighted by Crippen LogP contribution is 2.19. The molecule has 0 atom stereocenters. The van der Waals surface area contributed by atoms with E-state index in [0.717, 1.165) is 6.26 Å². The second kappa shape index (κ2) is 5.68. The van der Waals surface area contributed by atoms with Crippen LogP contribution in [0, 0.1) is 0 Å². The van der Waals surface area contributed by atoms with E-state index in [9.17, 15) is 13.2 Å². The number of nitrogens with one attached hydrogen (secondary N) is 2. The van der Waals surface area contributed by atoms with Crippen LogP contribution >= 0.6 is 0 Å². The molecule has 1 aromatic carbocycles. The first kappa shape index (κ1) is 16.3. The van der Waals surface area contributed by atoms with Crippen molar-refractivity contribution < 1.29 is 13.2 Å². The quantitative estimate of drug-likeness (QED) is 0.554. The molecule has 1 aromatic rings. The van der Waals surface area contributed by atoms with Gasteiger partial charge in [-0.15, -0.1) is 0 Å². The Bertz CT molecular complexity index is 611. The molecule has 20 heavy (non-hydrogen) atoms. The van der Waals surface area contributed by atoms with Gasteiger partial charge in [0, 0.05) is 23.5 Å². The molecule has 0 spiro atoms. The van der Waals surface area contributed by atoms with E-state index >= 15 is 0 Å². The largest absolute Gasteiger partial charge is 0.399 e. The van der Waals surface area contributed by atoms with E-state index in [1.807, 2.05) is 0 Å². The van der Waals surface area contributed by atoms with E-state index in [0.29, 0.717) is 16.9 Å². The van der Waals surface area contributed by atoms with Crippen LogP contribution in [0.25, 0.3) is 0 Å². The standard InChI is InChI=1S/C12H20N4O3S/c1-12(2,16-20(3,18)19)7-15-10-6-8(13)4-5-9(10)11(14)17/h4-6,15-16H,7,13H2,1-3H3,(H2,14,17). The second-order valence-corrected chi connectivity index (χ2v) is 7.03. The number of benzene rings is 1. The van der Waals surface area contributed by atoms with Crippen molar-refractivity contribution in [3.05, 3.63) is 23.8 Å². The normalized spacial score (nSPS) is 12.2. The molecule has 8 heteroatoms. The zero-order valence-electron chi connectivity index (χ0n) is 11.7. The van der Waals surface area contributed by atoms with Crippen molar-refractivity contribution in [2.75, 3.05) is 23.9 Å². The Hall–Kier alpha value is -1.80. The predicted molar refractivity (Wildman–Crippen MR) is 79.9 cm³/mol. The SMILES string of the molecule is CC(C)(CNc1cc(N)ccc1C(N)=O)NS(C)(=O)=O. The lowest BCUT2D eigenvalue weighted by atomic mass is 10.1. The van der Waals surface area contributed by atoms with Gasteiger partial charge in [0.2, 0.25) is 10.0 Å². The van der Waals surface area contributed by atoms with Crippen LogP contribution in [-0.4, -0.2) is 32.7 Å². The summed E-state index contributed by atoms with van der Waals surface area (Å²) in [7, 11) is -3.33. The maximum atomic E-state index is 11.3. The molecule has 0 aromatic heterocycles. The van der Waals surface area contributed by atoms with E-state index in [-0.39, 0.29) is 6.54 Å². The Morgan fingerprint density at radius 1 is 1.35 bits per heavy atom. The van der Waals surface area contributed by atoms with Gasteiger partial charge in [-0.05, 0) is 32.0 Å². The van der Waals surface area contributed by atoms with Crippen molar-refractivity contribution in [2.24, 2.45) is 5.73 Å². The summed E-state index contributed by atoms with van der Waals surface area (Å²) in [5.41, 5.74) is 11.5. The summed E-state index contributed by atoms with van der Waals surface area (Å²) in [5.74, 6) is -0.582. The number of nitrogen functional groups attached to an aromatic ring is 1. The predicted octanol–water partition coefficient (Wildman–Crippen LogP) is 0.107. The first-order valence-corrected chi connectivity index (χ1v) is 7.81. The summed E-state index contributed by atoms with van der Waals surface area (Å²) in [6, 6.07) is 4.68. The van der Waals surface area contributed by atoms with Crippen LogP contribution in [0.5, 0.6) is 0 Å². The number of carbonyl (C=O) groups excluding carboxylic acids is 1. The molecule has 0 aliphatic rings. The molecule has 0 fully saturated rings. The van der Waals surface area contributed by atoms with Gasteiger partial charge in [0.1, 0.15) is 0 Å². The summed E-state index contributed by atoms with van der Waals surface area (Å²) >= 11 is 0. The lowest BCUT2D eigenvalue weighted by Crippen LogP contribution is -2.47. The lowest BCUT2D eigenvalue weighted by molar-refractivity contribution is 0.100. The molecule has 6 N–H and O–H groups in total. The number of primary amides is 1. The Balaban J connectivity index is 2.89. The van der Waals surface area contributed by atoms with E-state index in [4.69, 9.17) is 11.5 Å². The minimum Gasteiger partial charge on any atom is -0.399 e. The first-order chi connectivity index (χ1) is 9.00. The van der Waals surface area contributed by atoms with Gasteiger partial charge in [-0.2, -0.15) is 0 Å². The van der Waals surface area contributed by atoms with Crippen molar-refractivity contribution in [3.63, 3.8) is 0 Å². The highest BCUT2D eigenvalue weighted by molar-refractivity contribution is 7.88. The van der Waals surface area contributed by atoms with Crippen LogP contribution in [-0.2, 0) is 10.0 Å². The number of anilines is 2. The van der Waals surface area contributed by atoms with Crippen LogP contribution in [0.3, 0.4) is 0 Å². The summed E-state index contributed by atoms with van der Waals surface area (Å²) in [4.78, 5) is 11.3. The molecule has 0 aliphatic heterocycles. The Kier molecular flexibility index (Phi) is 4.61. The summed E-state index contributed by atoms with van der Waals surface area (Å²) in [6.45, 7) is 3.71. The molecule has 0 saturated carbocycles. The minimum absolute atomic E-state index is 0.268. The van der Waals surface area contributed by atoms with Crippen LogP contribution in [0.4, 0.5) is 11.4 Å². The maximum absolute atomic E-state index is 11.3. The molecule has 0 aliphatic carbocycles. The van der Waals surface area contributed by atoms with Crippen LogP contribution in [0.15, 0.2) is 18.2 Å². The first-order valence-electron chi connectivity index (χ1n) is 5.92. The Labute approximate surface area is 118 Å². The number of amides is 1. The monoisotopic (exact) mass is 300 g/mol. The van der Waals surface area contributed by atoms with Gasteiger partial charge < -0.3 is 16.8 Å². The van der Waals surface area contributed by atoms with Crippen LogP contribution in [0.1, 0.15) is 24.2 Å². The number of hydrogen-bond donors (Lipinski definition) is 4. The third-order valence-electron chi connectivity index (χ3n) is 2.49. The second-order valence-electron chi connectivity index (χ2n) is 5.28. The van der Waals surface area contributed by atoms with Gasteiger partial charge in [0.25, 0.3) is 5.91 Å². The zero-order chi connectivity index (χ0) is 15.6. The van der Waals surface area contributed by atoms with Crippen molar-refractivity contribution in [3.8, 4) is 0 Å². The van der Waals surface area contributed by atoms with Crippen molar-refractivity contribution in [1.82, 2.24) is 4.72 Å². The zero-order valence-corrected chi connectivity index (χ0v) is 12.5. The third-order valence-corrected chi connectivity index (χ3v) is 3.41. The van der Waals surface area contributed by atoms with Gasteiger partial charge in [0.05, 0.1) is 11.8 Å². The topological polar surface area (TPSA) is 127 Å². The van der Waals surface area contributed by atoms with Gasteiger partial charge in [0.15, 0.2) is 0 Å². The average Bonchev–Trinajstić information content (AvgIpc) is 2.22. The van der Waals surface area contributed by atoms with E-state index in [2.05, 4.69) is 10.0 Å². The molecule has 1 rings (SSSR count). The van der Waals surface area contributed by atoms with Gasteiger partial charge in [-0.3, -0.25) is 4.79 Å². The number of nitrogens with two attached hydrogens (primary N) is 2. The number of rotatable bonds is 6. The number of hydrogen-bond acceptors (Lipinski definition) is 5. The average molecular weight is 300 g/mol. The minimum atomic E-state index is -3.33. The highest BCUT2D eigenvalue weighted by atomic mass is 32.2. The summed E-state index contributed by atoms with van der Waals surface area (Å²) in [6.07, 6.45) is 1.09. The molecule has 112 valence electrons. The van der Waals surface area contributed by atoms with E-state index in [1.165, 1.54) is 6.07 Å².